The van der Waals surface area contributed by atoms with E-state index in [1.807, 2.05) is 46.6 Å². The average Bonchev–Trinajstić information content (AvgIpc) is 3.43. The van der Waals surface area contributed by atoms with Crippen LogP contribution in [0.2, 0.25) is 0 Å². The van der Waals surface area contributed by atoms with Gasteiger partial charge in [0.2, 0.25) is 0 Å². The van der Waals surface area contributed by atoms with Gasteiger partial charge in [-0.1, -0.05) is 0 Å². The molecule has 0 fully saturated rings. The van der Waals surface area contributed by atoms with Crippen molar-refractivity contribution in [2.75, 3.05) is 14.2 Å². The van der Waals surface area contributed by atoms with Crippen LogP contribution in [-0.4, -0.2) is 29.3 Å². The van der Waals surface area contributed by atoms with Gasteiger partial charge in [0.25, 0.3) is 0 Å². The third-order valence-electron chi connectivity index (χ3n) is 4.75. The minimum atomic E-state index is 0.107. The maximum atomic E-state index is 8.72. The molecule has 148 valence electrons. The molecule has 0 radical (unpaired) electrons. The SMILES string of the molecule is COc1ccc(C(=N)/C(=C\N)c2ccc3ncc(C4NC=CS4)n3c2)cc1OC. The molecule has 29 heavy (non-hydrogen) atoms. The highest BCUT2D eigenvalue weighted by atomic mass is 32.2. The predicted molar refractivity (Wildman–Crippen MR) is 116 cm³/mol. The van der Waals surface area contributed by atoms with Crippen molar-refractivity contribution >= 4 is 28.7 Å². The number of hydrogen-bond donors (Lipinski definition) is 3. The summed E-state index contributed by atoms with van der Waals surface area (Å²) in [5.41, 5.74) is 10.2. The Morgan fingerprint density at radius 2 is 2.00 bits per heavy atom. The Labute approximate surface area is 172 Å². The Hall–Kier alpha value is -3.39. The summed E-state index contributed by atoms with van der Waals surface area (Å²) >= 11 is 1.69. The molecule has 0 saturated heterocycles. The molecule has 0 aliphatic carbocycles. The molecule has 7 nitrogen and oxygen atoms in total. The van der Waals surface area contributed by atoms with Crippen molar-refractivity contribution in [3.05, 3.63) is 77.4 Å². The zero-order valence-electron chi connectivity index (χ0n) is 16.0. The summed E-state index contributed by atoms with van der Waals surface area (Å²) in [6.07, 6.45) is 7.21. The molecule has 1 aliphatic rings. The van der Waals surface area contributed by atoms with Crippen molar-refractivity contribution in [2.45, 2.75) is 5.37 Å². The van der Waals surface area contributed by atoms with Crippen LogP contribution in [0.15, 0.2) is 60.5 Å². The lowest BCUT2D eigenvalue weighted by Crippen LogP contribution is -2.10. The molecule has 4 rings (SSSR count). The van der Waals surface area contributed by atoms with E-state index >= 15 is 0 Å². The normalized spacial score (nSPS) is 16.1. The highest BCUT2D eigenvalue weighted by Gasteiger charge is 2.19. The molecule has 1 atom stereocenters. The van der Waals surface area contributed by atoms with Crippen LogP contribution in [0.1, 0.15) is 22.2 Å². The summed E-state index contributed by atoms with van der Waals surface area (Å²) in [7, 11) is 3.16. The number of nitrogens with one attached hydrogen (secondary N) is 2. The standard InChI is InChI=1S/C21H21N5O2S/c1-27-17-5-3-13(9-18(17)28-2)20(23)15(10-22)14-4-6-19-25-11-16(26(19)12-14)21-24-7-8-29-21/h3-12,21,23-24H,22H2,1-2H3/b15-10-,23-20?. The van der Waals surface area contributed by atoms with Crippen molar-refractivity contribution in [1.82, 2.24) is 14.7 Å². The minimum absolute atomic E-state index is 0.107. The van der Waals surface area contributed by atoms with Gasteiger partial charge in [0.05, 0.1) is 31.8 Å². The molecular formula is C21H21N5O2S. The van der Waals surface area contributed by atoms with Crippen molar-refractivity contribution in [2.24, 2.45) is 5.73 Å². The Balaban J connectivity index is 1.71. The first-order chi connectivity index (χ1) is 14.2. The number of rotatable bonds is 6. The zero-order valence-corrected chi connectivity index (χ0v) is 16.9. The second-order valence-electron chi connectivity index (χ2n) is 6.34. The molecule has 2 aromatic heterocycles. The molecule has 0 amide bonds. The van der Waals surface area contributed by atoms with Gasteiger partial charge in [0, 0.05) is 35.3 Å². The number of benzene rings is 1. The van der Waals surface area contributed by atoms with Crippen molar-refractivity contribution < 1.29 is 9.47 Å². The molecule has 1 aromatic carbocycles. The van der Waals surface area contributed by atoms with Crippen LogP contribution in [0, 0.1) is 5.41 Å². The number of pyridine rings is 1. The van der Waals surface area contributed by atoms with Gasteiger partial charge in [-0.05, 0) is 35.7 Å². The first-order valence-corrected chi connectivity index (χ1v) is 9.87. The summed E-state index contributed by atoms with van der Waals surface area (Å²) in [5, 5.41) is 14.1. The van der Waals surface area contributed by atoms with Crippen LogP contribution in [0.5, 0.6) is 11.5 Å². The zero-order chi connectivity index (χ0) is 20.4. The molecule has 4 N–H and O–H groups in total. The third kappa shape index (κ3) is 3.42. The lowest BCUT2D eigenvalue weighted by atomic mass is 9.97. The first-order valence-electron chi connectivity index (χ1n) is 8.93. The van der Waals surface area contributed by atoms with E-state index in [4.69, 9.17) is 20.6 Å². The smallest absolute Gasteiger partial charge is 0.161 e. The van der Waals surface area contributed by atoms with E-state index in [0.29, 0.717) is 28.3 Å². The summed E-state index contributed by atoms with van der Waals surface area (Å²) in [6, 6.07) is 9.23. The Morgan fingerprint density at radius 1 is 1.21 bits per heavy atom. The summed E-state index contributed by atoms with van der Waals surface area (Å²) in [5.74, 6) is 1.18. The van der Waals surface area contributed by atoms with Crippen LogP contribution < -0.4 is 20.5 Å². The summed E-state index contributed by atoms with van der Waals surface area (Å²) in [4.78, 5) is 4.48. The van der Waals surface area contributed by atoms with Crippen LogP contribution in [0.4, 0.5) is 0 Å². The molecule has 8 heteroatoms. The van der Waals surface area contributed by atoms with Gasteiger partial charge in [0.1, 0.15) is 11.0 Å². The molecule has 1 unspecified atom stereocenters. The van der Waals surface area contributed by atoms with Gasteiger partial charge in [-0.3, -0.25) is 5.41 Å². The Kier molecular flexibility index (Phi) is 5.18. The number of nitrogens with two attached hydrogens (primary N) is 1. The Morgan fingerprint density at radius 3 is 2.69 bits per heavy atom. The molecular weight excluding hydrogens is 386 g/mol. The predicted octanol–water partition coefficient (Wildman–Crippen LogP) is 3.53. The molecule has 3 aromatic rings. The van der Waals surface area contributed by atoms with Crippen molar-refractivity contribution in [3.63, 3.8) is 0 Å². The van der Waals surface area contributed by atoms with Crippen molar-refractivity contribution in [1.29, 1.82) is 5.41 Å². The number of imidazole rings is 1. The second-order valence-corrected chi connectivity index (χ2v) is 7.36. The molecule has 3 heterocycles. The van der Waals surface area contributed by atoms with Crippen molar-refractivity contribution in [3.8, 4) is 11.5 Å². The number of aromatic nitrogens is 2. The number of nitrogens with zero attached hydrogens (tertiary/aromatic N) is 2. The highest BCUT2D eigenvalue weighted by molar-refractivity contribution is 8.02. The number of methoxy groups -OCH3 is 2. The van der Waals surface area contributed by atoms with E-state index in [9.17, 15) is 0 Å². The minimum Gasteiger partial charge on any atom is -0.493 e. The fraction of sp³-hybridized carbons (Fsp3) is 0.143. The van der Waals surface area contributed by atoms with Gasteiger partial charge < -0.3 is 24.9 Å². The molecule has 0 saturated carbocycles. The molecule has 1 aliphatic heterocycles. The first kappa shape index (κ1) is 18.9. The Bertz CT molecular complexity index is 1130. The van der Waals surface area contributed by atoms with E-state index in [2.05, 4.69) is 10.3 Å². The van der Waals surface area contributed by atoms with Crippen LogP contribution >= 0.6 is 11.8 Å². The number of hydrogen-bond acceptors (Lipinski definition) is 7. The second kappa shape index (κ2) is 7.92. The van der Waals surface area contributed by atoms with Gasteiger partial charge in [-0.2, -0.15) is 0 Å². The van der Waals surface area contributed by atoms with Gasteiger partial charge >= 0.3 is 0 Å². The van der Waals surface area contributed by atoms with E-state index in [1.165, 1.54) is 6.20 Å². The monoisotopic (exact) mass is 407 g/mol. The van der Waals surface area contributed by atoms with Crippen LogP contribution in [0.25, 0.3) is 11.2 Å². The topological polar surface area (TPSA) is 97.7 Å². The lowest BCUT2D eigenvalue weighted by molar-refractivity contribution is 0.355. The maximum absolute atomic E-state index is 8.72. The molecule has 0 bridgehead atoms. The lowest BCUT2D eigenvalue weighted by Gasteiger charge is -2.14. The van der Waals surface area contributed by atoms with E-state index in [0.717, 1.165) is 16.9 Å². The largest absolute Gasteiger partial charge is 0.493 e. The van der Waals surface area contributed by atoms with E-state index < -0.39 is 0 Å². The fourth-order valence-electron chi connectivity index (χ4n) is 3.26. The highest BCUT2D eigenvalue weighted by Crippen LogP contribution is 2.33. The molecule has 0 spiro atoms. The van der Waals surface area contributed by atoms with E-state index in [1.54, 1.807) is 38.1 Å². The van der Waals surface area contributed by atoms with Gasteiger partial charge in [-0.25, -0.2) is 4.98 Å². The fourth-order valence-corrected chi connectivity index (χ4v) is 4.05. The number of allylic oxidation sites excluding steroid dienone is 1. The quantitative estimate of drug-likeness (QED) is 0.541. The number of ether oxygens (including phenoxy) is 2. The van der Waals surface area contributed by atoms with Crippen LogP contribution in [-0.2, 0) is 0 Å². The van der Waals surface area contributed by atoms with Gasteiger partial charge in [-0.15, -0.1) is 11.8 Å². The van der Waals surface area contributed by atoms with Crippen LogP contribution in [0.3, 0.4) is 0 Å². The summed E-state index contributed by atoms with van der Waals surface area (Å²) in [6.45, 7) is 0. The van der Waals surface area contributed by atoms with Gasteiger partial charge in [0.15, 0.2) is 11.5 Å². The maximum Gasteiger partial charge on any atom is 0.161 e. The third-order valence-corrected chi connectivity index (χ3v) is 5.70. The number of thioether (sulfide) groups is 1. The number of fused-ring (bicyclic) bond motifs is 1. The summed E-state index contributed by atoms with van der Waals surface area (Å²) < 4.78 is 12.7. The van der Waals surface area contributed by atoms with E-state index in [-0.39, 0.29) is 5.37 Å². The average molecular weight is 407 g/mol.